The van der Waals surface area contributed by atoms with E-state index >= 15 is 0 Å². The van der Waals surface area contributed by atoms with Crippen LogP contribution in [-0.2, 0) is 6.61 Å². The molecule has 1 heterocycles. The van der Waals surface area contributed by atoms with Gasteiger partial charge in [0.15, 0.2) is 5.43 Å². The summed E-state index contributed by atoms with van der Waals surface area (Å²) in [7, 11) is 0. The molecular formula is C17H15NO3. The predicted octanol–water partition coefficient (Wildman–Crippen LogP) is 3.08. The third-order valence-corrected chi connectivity index (χ3v) is 3.48. The first-order chi connectivity index (χ1) is 10.2. The highest BCUT2D eigenvalue weighted by Gasteiger charge is 2.16. The van der Waals surface area contributed by atoms with Gasteiger partial charge in [0.2, 0.25) is 0 Å². The Hall–Kier alpha value is -2.75. The van der Waals surface area contributed by atoms with Crippen molar-refractivity contribution in [1.29, 1.82) is 0 Å². The summed E-state index contributed by atoms with van der Waals surface area (Å²) in [6.45, 7) is 2.13. The van der Waals surface area contributed by atoms with E-state index < -0.39 is 0 Å². The Kier molecular flexibility index (Phi) is 3.36. The Morgan fingerprint density at radius 3 is 2.62 bits per heavy atom. The largest absolute Gasteiger partial charge is 0.488 e. The first-order valence-corrected chi connectivity index (χ1v) is 6.68. The lowest BCUT2D eigenvalue weighted by molar-refractivity contribution is 0.187. The fourth-order valence-electron chi connectivity index (χ4n) is 2.34. The summed E-state index contributed by atoms with van der Waals surface area (Å²) < 4.78 is 6.79. The molecule has 1 aromatic rings. The normalized spacial score (nSPS) is 10.7. The van der Waals surface area contributed by atoms with Gasteiger partial charge in [-0.25, -0.2) is 0 Å². The lowest BCUT2D eigenvalue weighted by atomic mass is 10.0. The van der Waals surface area contributed by atoms with Crippen LogP contribution >= 0.6 is 0 Å². The monoisotopic (exact) mass is 281 g/mol. The molecule has 1 aliphatic carbocycles. The van der Waals surface area contributed by atoms with Crippen LogP contribution in [-0.4, -0.2) is 9.94 Å². The third kappa shape index (κ3) is 2.48. The maximum atomic E-state index is 11.7. The van der Waals surface area contributed by atoms with Crippen molar-refractivity contribution < 1.29 is 9.94 Å². The minimum absolute atomic E-state index is 0.106. The van der Waals surface area contributed by atoms with E-state index in [0.717, 1.165) is 10.3 Å². The molecule has 1 N–H and O–H groups in total. The molecule has 0 saturated carbocycles. The second kappa shape index (κ2) is 5.32. The molecule has 2 aliphatic rings. The Labute approximate surface area is 122 Å². The summed E-state index contributed by atoms with van der Waals surface area (Å²) in [5, 5.41) is 9.91. The Morgan fingerprint density at radius 2 is 1.86 bits per heavy atom. The minimum Gasteiger partial charge on any atom is -0.488 e. The van der Waals surface area contributed by atoms with Crippen LogP contribution in [0.2, 0.25) is 0 Å². The van der Waals surface area contributed by atoms with Gasteiger partial charge in [-0.1, -0.05) is 30.3 Å². The zero-order valence-electron chi connectivity index (χ0n) is 11.6. The number of rotatable bonds is 3. The molecule has 0 aromatic heterocycles. The van der Waals surface area contributed by atoms with Gasteiger partial charge in [-0.05, 0) is 24.6 Å². The van der Waals surface area contributed by atoms with Crippen LogP contribution in [0.3, 0.4) is 0 Å². The first-order valence-electron chi connectivity index (χ1n) is 6.68. The maximum Gasteiger partial charge on any atom is 0.183 e. The van der Waals surface area contributed by atoms with Gasteiger partial charge in [-0.15, -0.1) is 0 Å². The molecule has 0 bridgehead atoms. The average Bonchev–Trinajstić information content (AvgIpc) is 2.51. The van der Waals surface area contributed by atoms with E-state index in [1.165, 1.54) is 12.3 Å². The summed E-state index contributed by atoms with van der Waals surface area (Å²) in [5.41, 5.74) is 2.65. The highest BCUT2D eigenvalue weighted by atomic mass is 16.5. The lowest BCUT2D eigenvalue weighted by Crippen LogP contribution is -2.12. The average molecular weight is 281 g/mol. The summed E-state index contributed by atoms with van der Waals surface area (Å²) in [6, 6.07) is 14.7. The summed E-state index contributed by atoms with van der Waals surface area (Å²) in [5.74, 6) is 0.641. The van der Waals surface area contributed by atoms with Crippen LogP contribution in [0.1, 0.15) is 11.1 Å². The van der Waals surface area contributed by atoms with Crippen LogP contribution in [0.15, 0.2) is 59.5 Å². The fourth-order valence-corrected chi connectivity index (χ4v) is 2.34. The smallest absolute Gasteiger partial charge is 0.183 e. The molecule has 1 aromatic carbocycles. The number of aromatic nitrogens is 1. The molecule has 4 nitrogen and oxygen atoms in total. The number of ether oxygens (including phenoxy) is 1. The van der Waals surface area contributed by atoms with E-state index in [0.29, 0.717) is 29.2 Å². The van der Waals surface area contributed by atoms with Crippen LogP contribution < -0.4 is 10.2 Å². The van der Waals surface area contributed by atoms with Crippen molar-refractivity contribution in [3.8, 4) is 17.0 Å². The van der Waals surface area contributed by atoms with Crippen molar-refractivity contribution in [1.82, 2.24) is 4.73 Å². The highest BCUT2D eigenvalue weighted by molar-refractivity contribution is 5.71. The number of benzene rings is 2. The second-order valence-corrected chi connectivity index (χ2v) is 4.88. The van der Waals surface area contributed by atoms with Crippen molar-refractivity contribution >= 4 is 0 Å². The van der Waals surface area contributed by atoms with Crippen molar-refractivity contribution in [2.24, 2.45) is 0 Å². The zero-order chi connectivity index (χ0) is 14.8. The Balaban J connectivity index is 1.98. The minimum atomic E-state index is -0.106. The van der Waals surface area contributed by atoms with Crippen LogP contribution in [0.25, 0.3) is 11.3 Å². The van der Waals surface area contributed by atoms with Crippen molar-refractivity contribution in [2.75, 3.05) is 0 Å². The van der Waals surface area contributed by atoms with Gasteiger partial charge in [-0.2, -0.15) is 4.73 Å². The first kappa shape index (κ1) is 13.2. The molecule has 0 amide bonds. The number of pyridine rings is 1. The number of hydrogen-bond acceptors (Lipinski definition) is 3. The molecule has 0 atom stereocenters. The number of hydrogen-bond donors (Lipinski definition) is 1. The van der Waals surface area contributed by atoms with Crippen LogP contribution in [0.5, 0.6) is 5.75 Å². The lowest BCUT2D eigenvalue weighted by Gasteiger charge is -2.17. The van der Waals surface area contributed by atoms with Crippen molar-refractivity contribution in [3.05, 3.63) is 76.1 Å². The summed E-state index contributed by atoms with van der Waals surface area (Å²) in [4.78, 5) is 11.7. The SMILES string of the molecule is Cc1c2n(O)ccc(OCc3ccccc3)c-2ccc1=O. The number of fused-ring (bicyclic) bond motifs is 1. The molecule has 3 rings (SSSR count). The molecule has 0 unspecified atom stereocenters. The van der Waals surface area contributed by atoms with Crippen molar-refractivity contribution in [2.45, 2.75) is 13.5 Å². The number of nitrogens with zero attached hydrogens (tertiary/aromatic N) is 1. The standard InChI is InChI=1S/C17H15NO3/c1-12-15(19)8-7-14-16(9-10-18(20)17(12)14)21-11-13-5-3-2-4-6-13/h2-10,20H,11H2,1H3. The second-order valence-electron chi connectivity index (χ2n) is 4.88. The van der Waals surface area contributed by atoms with Gasteiger partial charge >= 0.3 is 0 Å². The van der Waals surface area contributed by atoms with Gasteiger partial charge in [0, 0.05) is 23.4 Å². The molecule has 0 saturated heterocycles. The quantitative estimate of drug-likeness (QED) is 0.751. The molecule has 21 heavy (non-hydrogen) atoms. The van der Waals surface area contributed by atoms with Crippen molar-refractivity contribution in [3.63, 3.8) is 0 Å². The topological polar surface area (TPSA) is 51.5 Å². The van der Waals surface area contributed by atoms with Gasteiger partial charge in [0.25, 0.3) is 0 Å². The molecule has 1 aliphatic heterocycles. The van der Waals surface area contributed by atoms with Crippen LogP contribution in [0, 0.1) is 6.92 Å². The van der Waals surface area contributed by atoms with E-state index in [2.05, 4.69) is 0 Å². The van der Waals surface area contributed by atoms with E-state index in [9.17, 15) is 10.0 Å². The Morgan fingerprint density at radius 1 is 1.10 bits per heavy atom. The third-order valence-electron chi connectivity index (χ3n) is 3.48. The predicted molar refractivity (Wildman–Crippen MR) is 80.0 cm³/mol. The maximum absolute atomic E-state index is 11.7. The summed E-state index contributed by atoms with van der Waals surface area (Å²) >= 11 is 0. The van der Waals surface area contributed by atoms with E-state index in [-0.39, 0.29) is 5.43 Å². The van der Waals surface area contributed by atoms with Crippen LogP contribution in [0.4, 0.5) is 0 Å². The zero-order valence-corrected chi connectivity index (χ0v) is 11.6. The van der Waals surface area contributed by atoms with Gasteiger partial charge in [0.1, 0.15) is 12.4 Å². The van der Waals surface area contributed by atoms with E-state index in [1.807, 2.05) is 30.3 Å². The highest BCUT2D eigenvalue weighted by Crippen LogP contribution is 2.32. The van der Waals surface area contributed by atoms with Gasteiger partial charge in [0.05, 0.1) is 5.69 Å². The van der Waals surface area contributed by atoms with E-state index in [4.69, 9.17) is 4.74 Å². The van der Waals surface area contributed by atoms with Gasteiger partial charge in [-0.3, -0.25) is 4.79 Å². The molecule has 0 fully saturated rings. The fraction of sp³-hybridized carbons (Fsp3) is 0.118. The molecule has 106 valence electrons. The molecule has 4 heteroatoms. The van der Waals surface area contributed by atoms with E-state index in [1.54, 1.807) is 19.1 Å². The van der Waals surface area contributed by atoms with Gasteiger partial charge < -0.3 is 9.94 Å². The Bertz CT molecular complexity index is 793. The molecular weight excluding hydrogens is 266 g/mol. The molecule has 0 radical (unpaired) electrons. The molecule has 0 spiro atoms. The summed E-state index contributed by atoms with van der Waals surface area (Å²) in [6.07, 6.45) is 1.48.